The van der Waals surface area contributed by atoms with Crippen molar-refractivity contribution in [3.05, 3.63) is 21.9 Å². The number of rotatable bonds is 5. The van der Waals surface area contributed by atoms with E-state index in [1.54, 1.807) is 11.3 Å². The average Bonchev–Trinajstić information content (AvgIpc) is 2.79. The summed E-state index contributed by atoms with van der Waals surface area (Å²) in [6.07, 6.45) is 3.76. The van der Waals surface area contributed by atoms with Crippen LogP contribution in [0.5, 0.6) is 0 Å². The molecular weight excluding hydrogens is 236 g/mol. The largest absolute Gasteiger partial charge is 0.411 e. The van der Waals surface area contributed by atoms with Gasteiger partial charge in [0.15, 0.2) is 0 Å². The summed E-state index contributed by atoms with van der Waals surface area (Å²) >= 11 is 1.69. The lowest BCUT2D eigenvalue weighted by atomic mass is 10.2. The molecule has 0 aromatic carbocycles. The third-order valence-electron chi connectivity index (χ3n) is 2.87. The van der Waals surface area contributed by atoms with E-state index in [1.807, 2.05) is 6.07 Å². The van der Waals surface area contributed by atoms with Crippen molar-refractivity contribution in [2.24, 2.45) is 5.16 Å². The highest BCUT2D eigenvalue weighted by molar-refractivity contribution is 7.13. The molecule has 0 atom stereocenters. The van der Waals surface area contributed by atoms with Gasteiger partial charge in [-0.3, -0.25) is 4.90 Å². The number of hydrogen-bond acceptors (Lipinski definition) is 5. The van der Waals surface area contributed by atoms with Crippen LogP contribution < -0.4 is 0 Å². The van der Waals surface area contributed by atoms with E-state index in [0.29, 0.717) is 0 Å². The molecule has 0 spiro atoms. The highest BCUT2D eigenvalue weighted by Gasteiger charge is 2.09. The minimum atomic E-state index is 0.871. The number of ether oxygens (including phenoxy) is 1. The van der Waals surface area contributed by atoms with E-state index in [4.69, 9.17) is 9.94 Å². The number of morpholine rings is 1. The smallest absolute Gasteiger partial charge is 0.0833 e. The van der Waals surface area contributed by atoms with Gasteiger partial charge in [-0.05, 0) is 31.5 Å². The molecule has 1 aromatic heterocycles. The average molecular weight is 254 g/mol. The fraction of sp³-hybridized carbons (Fsp3) is 0.583. The Morgan fingerprint density at radius 2 is 2.24 bits per heavy atom. The van der Waals surface area contributed by atoms with Gasteiger partial charge < -0.3 is 9.94 Å². The summed E-state index contributed by atoms with van der Waals surface area (Å²) in [7, 11) is 0. The van der Waals surface area contributed by atoms with Crippen LogP contribution in [-0.2, 0) is 11.2 Å². The standard InChI is InChI=1S/C12H18N2O2S/c15-13-10-12-4-3-11(17-12)2-1-5-14-6-8-16-9-7-14/h3-4,10,15H,1-2,5-9H2/b13-10+. The lowest BCUT2D eigenvalue weighted by Crippen LogP contribution is -2.36. The molecule has 0 saturated carbocycles. The Balaban J connectivity index is 1.69. The van der Waals surface area contributed by atoms with Gasteiger partial charge in [0.25, 0.3) is 0 Å². The van der Waals surface area contributed by atoms with Gasteiger partial charge in [-0.15, -0.1) is 11.3 Å². The van der Waals surface area contributed by atoms with E-state index >= 15 is 0 Å². The second-order valence-electron chi connectivity index (χ2n) is 4.11. The Labute approximate surface area is 106 Å². The maximum absolute atomic E-state index is 8.43. The zero-order valence-corrected chi connectivity index (χ0v) is 10.7. The molecule has 94 valence electrons. The van der Waals surface area contributed by atoms with Gasteiger partial charge in [0.2, 0.25) is 0 Å². The summed E-state index contributed by atoms with van der Waals surface area (Å²) in [6, 6.07) is 4.11. The molecule has 5 heteroatoms. The number of hydrogen-bond donors (Lipinski definition) is 1. The van der Waals surface area contributed by atoms with Gasteiger partial charge in [0.05, 0.1) is 19.4 Å². The summed E-state index contributed by atoms with van der Waals surface area (Å²) in [5.41, 5.74) is 0. The van der Waals surface area contributed by atoms with Crippen molar-refractivity contribution < 1.29 is 9.94 Å². The molecule has 1 aliphatic heterocycles. The van der Waals surface area contributed by atoms with Crippen LogP contribution in [0.25, 0.3) is 0 Å². The van der Waals surface area contributed by atoms with Crippen LogP contribution in [0.15, 0.2) is 17.3 Å². The molecule has 17 heavy (non-hydrogen) atoms. The lowest BCUT2D eigenvalue weighted by molar-refractivity contribution is 0.0375. The number of thiophene rings is 1. The highest BCUT2D eigenvalue weighted by atomic mass is 32.1. The fourth-order valence-corrected chi connectivity index (χ4v) is 2.88. The highest BCUT2D eigenvalue weighted by Crippen LogP contribution is 2.16. The Morgan fingerprint density at radius 1 is 1.41 bits per heavy atom. The van der Waals surface area contributed by atoms with Gasteiger partial charge in [0, 0.05) is 22.8 Å². The van der Waals surface area contributed by atoms with E-state index in [-0.39, 0.29) is 0 Å². The minimum Gasteiger partial charge on any atom is -0.411 e. The van der Waals surface area contributed by atoms with Gasteiger partial charge in [0.1, 0.15) is 0 Å². The van der Waals surface area contributed by atoms with Gasteiger partial charge in [-0.25, -0.2) is 0 Å². The van der Waals surface area contributed by atoms with Crippen LogP contribution in [0.1, 0.15) is 16.2 Å². The molecule has 1 aliphatic rings. The zero-order chi connectivity index (χ0) is 11.9. The molecule has 4 nitrogen and oxygen atoms in total. The SMILES string of the molecule is O/N=C/c1ccc(CCCN2CCOCC2)s1. The maximum atomic E-state index is 8.43. The van der Waals surface area contributed by atoms with Crippen molar-refractivity contribution in [1.82, 2.24) is 4.90 Å². The molecule has 2 rings (SSSR count). The summed E-state index contributed by atoms with van der Waals surface area (Å²) < 4.78 is 5.32. The zero-order valence-electron chi connectivity index (χ0n) is 9.84. The van der Waals surface area contributed by atoms with Crippen molar-refractivity contribution in [3.63, 3.8) is 0 Å². The summed E-state index contributed by atoms with van der Waals surface area (Å²) in [4.78, 5) is 4.81. The van der Waals surface area contributed by atoms with Crippen molar-refractivity contribution in [2.45, 2.75) is 12.8 Å². The molecule has 0 bridgehead atoms. The van der Waals surface area contributed by atoms with Gasteiger partial charge in [-0.2, -0.15) is 0 Å². The van der Waals surface area contributed by atoms with Crippen molar-refractivity contribution >= 4 is 17.6 Å². The predicted molar refractivity (Wildman–Crippen MR) is 69.3 cm³/mol. The molecule has 1 aromatic rings. The summed E-state index contributed by atoms with van der Waals surface area (Å²) in [5.74, 6) is 0. The van der Waals surface area contributed by atoms with E-state index in [9.17, 15) is 0 Å². The first kappa shape index (κ1) is 12.5. The van der Waals surface area contributed by atoms with E-state index in [2.05, 4.69) is 16.1 Å². The Morgan fingerprint density at radius 3 is 3.00 bits per heavy atom. The summed E-state index contributed by atoms with van der Waals surface area (Å²) in [6.45, 7) is 5.01. The van der Waals surface area contributed by atoms with Crippen molar-refractivity contribution in [1.29, 1.82) is 0 Å². The van der Waals surface area contributed by atoms with E-state index in [0.717, 1.165) is 44.1 Å². The topological polar surface area (TPSA) is 45.1 Å². The normalized spacial score (nSPS) is 17.9. The predicted octanol–water partition coefficient (Wildman–Crippen LogP) is 1.82. The molecule has 0 unspecified atom stereocenters. The third-order valence-corrected chi connectivity index (χ3v) is 3.95. The molecule has 1 fully saturated rings. The minimum absolute atomic E-state index is 0.871. The van der Waals surface area contributed by atoms with Crippen molar-refractivity contribution in [2.75, 3.05) is 32.8 Å². The van der Waals surface area contributed by atoms with Crippen LogP contribution in [0.2, 0.25) is 0 Å². The van der Waals surface area contributed by atoms with Gasteiger partial charge in [-0.1, -0.05) is 5.16 Å². The van der Waals surface area contributed by atoms with Crippen LogP contribution in [0.4, 0.5) is 0 Å². The van der Waals surface area contributed by atoms with Crippen LogP contribution >= 0.6 is 11.3 Å². The molecule has 0 radical (unpaired) electrons. The van der Waals surface area contributed by atoms with E-state index < -0.39 is 0 Å². The van der Waals surface area contributed by atoms with Gasteiger partial charge >= 0.3 is 0 Å². The lowest BCUT2D eigenvalue weighted by Gasteiger charge is -2.26. The number of aryl methyl sites for hydroxylation is 1. The van der Waals surface area contributed by atoms with Crippen LogP contribution in [0.3, 0.4) is 0 Å². The molecule has 1 N–H and O–H groups in total. The molecule has 0 aliphatic carbocycles. The first-order valence-electron chi connectivity index (χ1n) is 5.95. The molecule has 1 saturated heterocycles. The Hall–Kier alpha value is -0.910. The van der Waals surface area contributed by atoms with Crippen LogP contribution in [0, 0.1) is 0 Å². The molecule has 2 heterocycles. The first-order chi connectivity index (χ1) is 8.38. The second kappa shape index (κ2) is 6.74. The Bertz CT molecular complexity index is 359. The fourth-order valence-electron chi connectivity index (χ4n) is 1.96. The quantitative estimate of drug-likeness (QED) is 0.495. The monoisotopic (exact) mass is 254 g/mol. The first-order valence-corrected chi connectivity index (χ1v) is 6.76. The Kier molecular flexibility index (Phi) is 4.97. The second-order valence-corrected chi connectivity index (χ2v) is 5.31. The number of nitrogens with zero attached hydrogens (tertiary/aromatic N) is 2. The summed E-state index contributed by atoms with van der Waals surface area (Å²) in [5, 5.41) is 11.5. The molecule has 0 amide bonds. The number of oxime groups is 1. The van der Waals surface area contributed by atoms with Crippen LogP contribution in [-0.4, -0.2) is 49.2 Å². The maximum Gasteiger partial charge on any atom is 0.0833 e. The van der Waals surface area contributed by atoms with E-state index in [1.165, 1.54) is 17.5 Å². The van der Waals surface area contributed by atoms with Crippen molar-refractivity contribution in [3.8, 4) is 0 Å². The third kappa shape index (κ3) is 4.11. The molecular formula is C12H18N2O2S.